The number of nitrogen functional groups attached to an aromatic ring is 1. The fraction of sp³-hybridized carbons (Fsp3) is 0.400. The van der Waals surface area contributed by atoms with Crippen LogP contribution in [-0.4, -0.2) is 47.1 Å². The molecule has 1 amide bonds. The molecule has 0 radical (unpaired) electrons. The molecule has 1 aliphatic heterocycles. The van der Waals surface area contributed by atoms with Gasteiger partial charge in [-0.25, -0.2) is 4.98 Å². The summed E-state index contributed by atoms with van der Waals surface area (Å²) in [7, 11) is 3.50. The predicted octanol–water partition coefficient (Wildman–Crippen LogP) is 1.76. The number of hydrogen-bond donors (Lipinski definition) is 3. The van der Waals surface area contributed by atoms with Crippen molar-refractivity contribution in [2.75, 3.05) is 19.8 Å². The molecule has 0 saturated carbocycles. The van der Waals surface area contributed by atoms with Crippen LogP contribution in [0.3, 0.4) is 0 Å². The number of nitrogens with one attached hydrogen (secondary N) is 1. The summed E-state index contributed by atoms with van der Waals surface area (Å²) in [5, 5.41) is 14.1. The van der Waals surface area contributed by atoms with Crippen molar-refractivity contribution in [1.82, 2.24) is 15.2 Å². The third-order valence-electron chi connectivity index (χ3n) is 4.90. The number of aliphatic hydroxyl groups is 1. The molecule has 1 aromatic heterocycles. The van der Waals surface area contributed by atoms with Crippen molar-refractivity contribution < 1.29 is 9.90 Å². The number of carbonyl (C=O) groups is 1. The number of anilines is 1. The Bertz CT molecular complexity index is 743. The maximum Gasteiger partial charge on any atom is 0.253 e. The first-order valence-electron chi connectivity index (χ1n) is 8.90. The third-order valence-corrected chi connectivity index (χ3v) is 4.90. The Hall–Kier alpha value is -2.44. The Labute approximate surface area is 154 Å². The highest BCUT2D eigenvalue weighted by molar-refractivity contribution is 5.93. The van der Waals surface area contributed by atoms with E-state index in [1.54, 1.807) is 31.3 Å². The number of aromatic nitrogens is 1. The van der Waals surface area contributed by atoms with E-state index in [1.165, 1.54) is 5.56 Å². The standard InChI is InChI=1S/C20H26N4O2/c1-24(2)20(26)14-5-3-13(4-6-14)11-16-8-9-17(23-16)19(25)15-7-10-18(21)22-12-15/h3-7,10,12,16-17,19,23,25H,8-9,11H2,1-2H3,(H2,21,22)/t16-,17+,19+/m0/s1. The molecular weight excluding hydrogens is 328 g/mol. The second kappa shape index (κ2) is 7.85. The fourth-order valence-electron chi connectivity index (χ4n) is 3.41. The van der Waals surface area contributed by atoms with Crippen molar-refractivity contribution in [2.45, 2.75) is 37.5 Å². The van der Waals surface area contributed by atoms with Gasteiger partial charge < -0.3 is 21.1 Å². The molecule has 0 spiro atoms. The van der Waals surface area contributed by atoms with E-state index < -0.39 is 6.10 Å². The van der Waals surface area contributed by atoms with Crippen LogP contribution in [0.4, 0.5) is 5.82 Å². The summed E-state index contributed by atoms with van der Waals surface area (Å²) < 4.78 is 0. The first-order chi connectivity index (χ1) is 12.4. The molecule has 2 heterocycles. The van der Waals surface area contributed by atoms with Gasteiger partial charge in [0.15, 0.2) is 0 Å². The Morgan fingerprint density at radius 3 is 2.62 bits per heavy atom. The molecule has 6 heteroatoms. The minimum Gasteiger partial charge on any atom is -0.387 e. The highest BCUT2D eigenvalue weighted by Crippen LogP contribution is 2.26. The molecular formula is C20H26N4O2. The van der Waals surface area contributed by atoms with E-state index in [9.17, 15) is 9.90 Å². The van der Waals surface area contributed by atoms with Crippen molar-refractivity contribution >= 4 is 11.7 Å². The van der Waals surface area contributed by atoms with Crippen LogP contribution in [-0.2, 0) is 6.42 Å². The molecule has 138 valence electrons. The topological polar surface area (TPSA) is 91.5 Å². The number of aliphatic hydroxyl groups excluding tert-OH is 1. The van der Waals surface area contributed by atoms with E-state index in [0.717, 1.165) is 24.8 Å². The lowest BCUT2D eigenvalue weighted by molar-refractivity contribution is 0.0827. The zero-order valence-electron chi connectivity index (χ0n) is 15.2. The number of carbonyl (C=O) groups excluding carboxylic acids is 1. The van der Waals surface area contributed by atoms with E-state index in [2.05, 4.69) is 10.3 Å². The molecule has 1 aromatic carbocycles. The van der Waals surface area contributed by atoms with Crippen molar-refractivity contribution in [3.8, 4) is 0 Å². The van der Waals surface area contributed by atoms with Crippen LogP contribution < -0.4 is 11.1 Å². The number of nitrogens with two attached hydrogens (primary N) is 1. The van der Waals surface area contributed by atoms with Crippen LogP contribution in [0.1, 0.15) is 40.4 Å². The highest BCUT2D eigenvalue weighted by atomic mass is 16.3. The van der Waals surface area contributed by atoms with Crippen molar-refractivity contribution in [1.29, 1.82) is 0 Å². The summed E-state index contributed by atoms with van der Waals surface area (Å²) in [4.78, 5) is 17.6. The molecule has 0 bridgehead atoms. The quantitative estimate of drug-likeness (QED) is 0.761. The lowest BCUT2D eigenvalue weighted by Gasteiger charge is -2.20. The van der Waals surface area contributed by atoms with E-state index >= 15 is 0 Å². The van der Waals surface area contributed by atoms with Crippen molar-refractivity contribution in [3.63, 3.8) is 0 Å². The number of hydrogen-bond acceptors (Lipinski definition) is 5. The molecule has 1 aliphatic rings. The summed E-state index contributed by atoms with van der Waals surface area (Å²) in [6.45, 7) is 0. The number of amides is 1. The first-order valence-corrected chi connectivity index (χ1v) is 8.90. The molecule has 1 saturated heterocycles. The molecule has 3 atom stereocenters. The maximum atomic E-state index is 11.9. The normalized spacial score (nSPS) is 20.7. The van der Waals surface area contributed by atoms with Gasteiger partial charge in [-0.3, -0.25) is 4.79 Å². The minimum atomic E-state index is -0.590. The minimum absolute atomic E-state index is 0.0100. The van der Waals surface area contributed by atoms with Crippen molar-refractivity contribution in [2.24, 2.45) is 0 Å². The van der Waals surface area contributed by atoms with Crippen LogP contribution in [0.25, 0.3) is 0 Å². The van der Waals surface area contributed by atoms with Gasteiger partial charge in [-0.15, -0.1) is 0 Å². The number of nitrogens with zero attached hydrogens (tertiary/aromatic N) is 2. The average molecular weight is 354 g/mol. The molecule has 26 heavy (non-hydrogen) atoms. The van der Waals surface area contributed by atoms with Gasteiger partial charge in [-0.2, -0.15) is 0 Å². The smallest absolute Gasteiger partial charge is 0.253 e. The van der Waals surface area contributed by atoms with Gasteiger partial charge in [-0.05, 0) is 43.0 Å². The molecule has 1 fully saturated rings. The number of rotatable bonds is 5. The Morgan fingerprint density at radius 1 is 1.27 bits per heavy atom. The first kappa shape index (κ1) is 18.4. The van der Waals surface area contributed by atoms with E-state index in [-0.39, 0.29) is 11.9 Å². The summed E-state index contributed by atoms with van der Waals surface area (Å²) in [5.74, 6) is 0.463. The van der Waals surface area contributed by atoms with Gasteiger partial charge in [0, 0.05) is 43.5 Å². The lowest BCUT2D eigenvalue weighted by Crippen LogP contribution is -2.35. The highest BCUT2D eigenvalue weighted by Gasteiger charge is 2.30. The van der Waals surface area contributed by atoms with Gasteiger partial charge >= 0.3 is 0 Å². The predicted molar refractivity (Wildman–Crippen MR) is 102 cm³/mol. The van der Waals surface area contributed by atoms with Crippen LogP contribution in [0, 0.1) is 0 Å². The fourth-order valence-corrected chi connectivity index (χ4v) is 3.41. The Balaban J connectivity index is 1.57. The molecule has 3 rings (SSSR count). The number of benzene rings is 1. The van der Waals surface area contributed by atoms with Gasteiger partial charge in [0.1, 0.15) is 5.82 Å². The zero-order chi connectivity index (χ0) is 18.7. The molecule has 0 aliphatic carbocycles. The third kappa shape index (κ3) is 4.20. The summed E-state index contributed by atoms with van der Waals surface area (Å²) in [6, 6.07) is 11.6. The second-order valence-corrected chi connectivity index (χ2v) is 7.11. The van der Waals surface area contributed by atoms with E-state index in [4.69, 9.17) is 5.73 Å². The zero-order valence-corrected chi connectivity index (χ0v) is 15.2. The van der Waals surface area contributed by atoms with Crippen LogP contribution in [0.15, 0.2) is 42.6 Å². The van der Waals surface area contributed by atoms with Crippen LogP contribution >= 0.6 is 0 Å². The average Bonchev–Trinajstić information content (AvgIpc) is 3.10. The summed E-state index contributed by atoms with van der Waals surface area (Å²) in [6.07, 6.45) is 3.83. The van der Waals surface area contributed by atoms with Gasteiger partial charge in [0.2, 0.25) is 0 Å². The van der Waals surface area contributed by atoms with Gasteiger partial charge in [-0.1, -0.05) is 18.2 Å². The monoisotopic (exact) mass is 354 g/mol. The maximum absolute atomic E-state index is 11.9. The van der Waals surface area contributed by atoms with Crippen LogP contribution in [0.2, 0.25) is 0 Å². The molecule has 0 unspecified atom stereocenters. The largest absolute Gasteiger partial charge is 0.387 e. The van der Waals surface area contributed by atoms with Crippen molar-refractivity contribution in [3.05, 3.63) is 59.3 Å². The van der Waals surface area contributed by atoms with Crippen LogP contribution in [0.5, 0.6) is 0 Å². The molecule has 2 aromatic rings. The SMILES string of the molecule is CN(C)C(=O)c1ccc(C[C@@H]2CC[C@H]([C@H](O)c3ccc(N)nc3)N2)cc1. The number of pyridine rings is 1. The molecule has 6 nitrogen and oxygen atoms in total. The van der Waals surface area contributed by atoms with E-state index in [1.807, 2.05) is 30.3 Å². The van der Waals surface area contributed by atoms with Gasteiger partial charge in [0.05, 0.1) is 6.10 Å². The van der Waals surface area contributed by atoms with Gasteiger partial charge in [0.25, 0.3) is 5.91 Å². The Morgan fingerprint density at radius 2 is 2.00 bits per heavy atom. The lowest BCUT2D eigenvalue weighted by atomic mass is 10.0. The summed E-state index contributed by atoms with van der Waals surface area (Å²) in [5.41, 5.74) is 8.26. The Kier molecular flexibility index (Phi) is 5.54. The second-order valence-electron chi connectivity index (χ2n) is 7.11. The van der Waals surface area contributed by atoms with E-state index in [0.29, 0.717) is 17.4 Å². The summed E-state index contributed by atoms with van der Waals surface area (Å²) >= 11 is 0. The molecule has 4 N–H and O–H groups in total.